The lowest BCUT2D eigenvalue weighted by molar-refractivity contribution is -0.143. The van der Waals surface area contributed by atoms with Crippen molar-refractivity contribution >= 4 is 29.8 Å². The quantitative estimate of drug-likeness (QED) is 0.134. The lowest BCUT2D eigenvalue weighted by Crippen LogP contribution is -2.56. The van der Waals surface area contributed by atoms with E-state index in [0.717, 1.165) is 5.56 Å². The molecule has 2 rings (SSSR count). The molecular weight excluding hydrogens is 512 g/mol. The Morgan fingerprint density at radius 1 is 0.923 bits per heavy atom. The molecule has 0 spiro atoms. The first-order valence-electron chi connectivity index (χ1n) is 12.4. The SMILES string of the molecule is NCCCC[C@H](NC(=O)[C@H](CCC(=O)O)NC(=O)[C@H](Cc1c[nH]cn1)NC(=O)OCc1ccccc1)C(=O)O. The van der Waals surface area contributed by atoms with E-state index in [1.165, 1.54) is 12.5 Å². The topological polar surface area (TPSA) is 226 Å². The van der Waals surface area contributed by atoms with Crippen LogP contribution in [0.1, 0.15) is 43.4 Å². The van der Waals surface area contributed by atoms with Crippen molar-refractivity contribution in [3.8, 4) is 0 Å². The molecule has 2 aromatic rings. The van der Waals surface area contributed by atoms with Gasteiger partial charge in [-0.15, -0.1) is 0 Å². The summed E-state index contributed by atoms with van der Waals surface area (Å²) in [7, 11) is 0. The van der Waals surface area contributed by atoms with Crippen molar-refractivity contribution in [3.05, 3.63) is 54.1 Å². The van der Waals surface area contributed by atoms with Crippen LogP contribution in [0.3, 0.4) is 0 Å². The number of amides is 3. The number of imidazole rings is 1. The minimum Gasteiger partial charge on any atom is -0.481 e. The Balaban J connectivity index is 2.12. The van der Waals surface area contributed by atoms with E-state index in [1.54, 1.807) is 24.3 Å². The van der Waals surface area contributed by atoms with E-state index in [0.29, 0.717) is 25.1 Å². The second kappa shape index (κ2) is 16.4. The molecule has 0 saturated heterocycles. The summed E-state index contributed by atoms with van der Waals surface area (Å²) >= 11 is 0. The van der Waals surface area contributed by atoms with Gasteiger partial charge in [0.25, 0.3) is 0 Å². The minimum absolute atomic E-state index is 0.0478. The van der Waals surface area contributed by atoms with Gasteiger partial charge in [-0.1, -0.05) is 30.3 Å². The van der Waals surface area contributed by atoms with Crippen molar-refractivity contribution < 1.29 is 38.9 Å². The highest BCUT2D eigenvalue weighted by Gasteiger charge is 2.30. The molecule has 14 nitrogen and oxygen atoms in total. The van der Waals surface area contributed by atoms with Gasteiger partial charge in [0.05, 0.1) is 12.0 Å². The zero-order valence-corrected chi connectivity index (χ0v) is 21.3. The molecule has 212 valence electrons. The Labute approximate surface area is 224 Å². The van der Waals surface area contributed by atoms with E-state index in [1.807, 2.05) is 6.07 Å². The molecular formula is C25H34N6O8. The Hall–Kier alpha value is -4.46. The summed E-state index contributed by atoms with van der Waals surface area (Å²) in [6.45, 7) is 0.309. The van der Waals surface area contributed by atoms with Gasteiger partial charge in [0.1, 0.15) is 24.7 Å². The van der Waals surface area contributed by atoms with Crippen LogP contribution < -0.4 is 21.7 Å². The summed E-state index contributed by atoms with van der Waals surface area (Å²) < 4.78 is 5.20. The maximum absolute atomic E-state index is 13.2. The molecule has 3 atom stereocenters. The number of H-pyrrole nitrogens is 1. The second-order valence-electron chi connectivity index (χ2n) is 8.70. The van der Waals surface area contributed by atoms with Crippen LogP contribution in [0.4, 0.5) is 4.79 Å². The van der Waals surface area contributed by atoms with Crippen LogP contribution in [-0.2, 0) is 36.9 Å². The summed E-state index contributed by atoms with van der Waals surface area (Å²) in [4.78, 5) is 68.1. The molecule has 0 aliphatic carbocycles. The molecule has 0 aliphatic rings. The van der Waals surface area contributed by atoms with Gasteiger partial charge in [0.15, 0.2) is 0 Å². The maximum atomic E-state index is 13.2. The van der Waals surface area contributed by atoms with Crippen LogP contribution in [-0.4, -0.2) is 74.7 Å². The number of carboxylic acids is 2. The number of benzene rings is 1. The number of hydrogen-bond acceptors (Lipinski definition) is 8. The molecule has 14 heteroatoms. The number of carbonyl (C=O) groups is 5. The zero-order chi connectivity index (χ0) is 28.6. The van der Waals surface area contributed by atoms with Gasteiger partial charge in [-0.25, -0.2) is 14.6 Å². The van der Waals surface area contributed by atoms with E-state index >= 15 is 0 Å². The van der Waals surface area contributed by atoms with Crippen molar-refractivity contribution in [1.82, 2.24) is 25.9 Å². The van der Waals surface area contributed by atoms with Crippen LogP contribution >= 0.6 is 0 Å². The number of aromatic amines is 1. The number of alkyl carbamates (subject to hydrolysis) is 1. The van der Waals surface area contributed by atoms with Gasteiger partial charge in [0.2, 0.25) is 11.8 Å². The first-order chi connectivity index (χ1) is 18.7. The lowest BCUT2D eigenvalue weighted by Gasteiger charge is -2.24. The number of rotatable bonds is 17. The highest BCUT2D eigenvalue weighted by atomic mass is 16.5. The smallest absolute Gasteiger partial charge is 0.408 e. The van der Waals surface area contributed by atoms with Crippen LogP contribution in [0.25, 0.3) is 0 Å². The van der Waals surface area contributed by atoms with Gasteiger partial charge in [-0.3, -0.25) is 14.4 Å². The molecule has 1 aromatic heterocycles. The number of aromatic nitrogens is 2. The van der Waals surface area contributed by atoms with E-state index in [9.17, 15) is 29.1 Å². The van der Waals surface area contributed by atoms with Crippen LogP contribution in [0.15, 0.2) is 42.9 Å². The number of ether oxygens (including phenoxy) is 1. The third kappa shape index (κ3) is 11.6. The number of carboxylic acid groups (broad SMARTS) is 2. The molecule has 1 aromatic carbocycles. The highest BCUT2D eigenvalue weighted by molar-refractivity contribution is 5.93. The molecule has 0 bridgehead atoms. The van der Waals surface area contributed by atoms with Gasteiger partial charge in [0, 0.05) is 19.0 Å². The molecule has 0 radical (unpaired) electrons. The molecule has 0 unspecified atom stereocenters. The van der Waals surface area contributed by atoms with E-state index in [-0.39, 0.29) is 25.9 Å². The molecule has 39 heavy (non-hydrogen) atoms. The van der Waals surface area contributed by atoms with Crippen LogP contribution in [0.5, 0.6) is 0 Å². The van der Waals surface area contributed by atoms with Gasteiger partial charge >= 0.3 is 18.0 Å². The standard InChI is InChI=1S/C25H34N6O8/c26-11-5-4-8-19(24(36)37)30-22(34)18(9-10-21(32)33)29-23(35)20(12-17-13-27-15-28-17)31-25(38)39-14-16-6-2-1-3-7-16/h1-3,6-7,13,15,18-20H,4-5,8-12,14,26H2,(H,27,28)(H,29,35)(H,30,34)(H,31,38)(H,32,33)(H,36,37)/t18-,19-,20-/m0/s1. The molecule has 8 N–H and O–H groups in total. The largest absolute Gasteiger partial charge is 0.481 e. The number of nitrogens with one attached hydrogen (secondary N) is 4. The van der Waals surface area contributed by atoms with Gasteiger partial charge < -0.3 is 41.6 Å². The molecule has 1 heterocycles. The summed E-state index contributed by atoms with van der Waals surface area (Å²) in [6, 6.07) is 5.01. The summed E-state index contributed by atoms with van der Waals surface area (Å²) in [5, 5.41) is 25.8. The third-order valence-corrected chi connectivity index (χ3v) is 5.63. The Kier molecular flexibility index (Phi) is 12.9. The van der Waals surface area contributed by atoms with Crippen LogP contribution in [0.2, 0.25) is 0 Å². The summed E-state index contributed by atoms with van der Waals surface area (Å²) in [5.41, 5.74) is 6.59. The second-order valence-corrected chi connectivity index (χ2v) is 8.70. The lowest BCUT2D eigenvalue weighted by atomic mass is 10.1. The number of aliphatic carboxylic acids is 2. The highest BCUT2D eigenvalue weighted by Crippen LogP contribution is 2.07. The first kappa shape index (κ1) is 30.8. The molecule has 0 fully saturated rings. The van der Waals surface area contributed by atoms with E-state index in [2.05, 4.69) is 25.9 Å². The molecule has 3 amide bonds. The van der Waals surface area contributed by atoms with E-state index in [4.69, 9.17) is 15.6 Å². The number of carbonyl (C=O) groups excluding carboxylic acids is 3. The number of nitrogens with two attached hydrogens (primary N) is 1. The summed E-state index contributed by atoms with van der Waals surface area (Å²) in [6.07, 6.45) is 2.26. The van der Waals surface area contributed by atoms with Crippen molar-refractivity contribution in [3.63, 3.8) is 0 Å². The predicted molar refractivity (Wildman–Crippen MR) is 137 cm³/mol. The fourth-order valence-electron chi connectivity index (χ4n) is 3.56. The first-order valence-corrected chi connectivity index (χ1v) is 12.4. The molecule has 0 saturated carbocycles. The van der Waals surface area contributed by atoms with Crippen molar-refractivity contribution in [2.45, 2.75) is 63.3 Å². The normalized spacial score (nSPS) is 12.9. The fourth-order valence-corrected chi connectivity index (χ4v) is 3.56. The van der Waals surface area contributed by atoms with Crippen LogP contribution in [0, 0.1) is 0 Å². The number of hydrogen-bond donors (Lipinski definition) is 7. The maximum Gasteiger partial charge on any atom is 0.408 e. The Bertz CT molecular complexity index is 1080. The van der Waals surface area contributed by atoms with Gasteiger partial charge in [-0.05, 0) is 37.8 Å². The monoisotopic (exact) mass is 546 g/mol. The van der Waals surface area contributed by atoms with E-state index < -0.39 is 54.4 Å². The van der Waals surface area contributed by atoms with Crippen molar-refractivity contribution in [2.24, 2.45) is 5.73 Å². The fraction of sp³-hybridized carbons (Fsp3) is 0.440. The van der Waals surface area contributed by atoms with Crippen molar-refractivity contribution in [1.29, 1.82) is 0 Å². The zero-order valence-electron chi connectivity index (χ0n) is 21.3. The van der Waals surface area contributed by atoms with Gasteiger partial charge in [-0.2, -0.15) is 0 Å². The minimum atomic E-state index is -1.38. The Morgan fingerprint density at radius 3 is 2.23 bits per heavy atom. The summed E-state index contributed by atoms with van der Waals surface area (Å²) in [5.74, 6) is -4.16. The Morgan fingerprint density at radius 2 is 1.62 bits per heavy atom. The average molecular weight is 547 g/mol. The number of nitrogens with zero attached hydrogens (tertiary/aromatic N) is 1. The predicted octanol–water partition coefficient (Wildman–Crippen LogP) is 0.295. The third-order valence-electron chi connectivity index (χ3n) is 5.63. The molecule has 0 aliphatic heterocycles. The average Bonchev–Trinajstić information content (AvgIpc) is 3.42. The number of unbranched alkanes of at least 4 members (excludes halogenated alkanes) is 1. The van der Waals surface area contributed by atoms with Crippen molar-refractivity contribution in [2.75, 3.05) is 6.54 Å².